The molecule has 1 saturated carbocycles. The monoisotopic (exact) mass is 207 g/mol. The van der Waals surface area contributed by atoms with Crippen LogP contribution in [0.4, 0.5) is 0 Å². The van der Waals surface area contributed by atoms with Crippen molar-refractivity contribution in [3.63, 3.8) is 0 Å². The lowest BCUT2D eigenvalue weighted by Gasteiger charge is -2.20. The average molecular weight is 207 g/mol. The summed E-state index contributed by atoms with van der Waals surface area (Å²) in [6.07, 6.45) is 5.09. The summed E-state index contributed by atoms with van der Waals surface area (Å²) in [5.74, 6) is 1.23. The van der Waals surface area contributed by atoms with Crippen LogP contribution in [0.25, 0.3) is 0 Å². The third kappa shape index (κ3) is 2.61. The molecule has 1 aliphatic carbocycles. The second kappa shape index (κ2) is 4.51. The number of carbonyl (C=O) groups excluding carboxylic acids is 1. The molecule has 0 bridgehead atoms. The van der Waals surface area contributed by atoms with Gasteiger partial charge in [-0.05, 0) is 37.3 Å². The standard InChI is InChI=1S/C12H17NO2/c1-2-7-13(9-10-5-6-10)12(14)11-4-3-8-15-11/h3-4,8,10H,2,5-7,9H2,1H3. The van der Waals surface area contributed by atoms with Crippen molar-refractivity contribution >= 4 is 5.91 Å². The molecule has 1 fully saturated rings. The van der Waals surface area contributed by atoms with Crippen molar-refractivity contribution < 1.29 is 9.21 Å². The van der Waals surface area contributed by atoms with Crippen LogP contribution in [0.1, 0.15) is 36.7 Å². The van der Waals surface area contributed by atoms with E-state index in [1.807, 2.05) is 4.90 Å². The van der Waals surface area contributed by atoms with Crippen LogP contribution in [0.15, 0.2) is 22.8 Å². The van der Waals surface area contributed by atoms with Gasteiger partial charge in [-0.15, -0.1) is 0 Å². The maximum atomic E-state index is 12.0. The summed E-state index contributed by atoms with van der Waals surface area (Å²) in [6.45, 7) is 3.82. The van der Waals surface area contributed by atoms with Gasteiger partial charge in [0.15, 0.2) is 5.76 Å². The topological polar surface area (TPSA) is 33.5 Å². The number of nitrogens with zero attached hydrogens (tertiary/aromatic N) is 1. The number of carbonyl (C=O) groups is 1. The van der Waals surface area contributed by atoms with Crippen LogP contribution in [-0.4, -0.2) is 23.9 Å². The van der Waals surface area contributed by atoms with Crippen molar-refractivity contribution in [3.05, 3.63) is 24.2 Å². The predicted molar refractivity (Wildman–Crippen MR) is 57.6 cm³/mol. The minimum Gasteiger partial charge on any atom is -0.459 e. The van der Waals surface area contributed by atoms with Crippen molar-refractivity contribution in [1.29, 1.82) is 0 Å². The maximum absolute atomic E-state index is 12.0. The van der Waals surface area contributed by atoms with Crippen LogP contribution in [-0.2, 0) is 0 Å². The van der Waals surface area contributed by atoms with Crippen LogP contribution in [0.5, 0.6) is 0 Å². The van der Waals surface area contributed by atoms with Gasteiger partial charge in [0.05, 0.1) is 6.26 Å². The number of hydrogen-bond acceptors (Lipinski definition) is 2. The molecule has 0 aliphatic heterocycles. The molecule has 1 amide bonds. The summed E-state index contributed by atoms with van der Waals surface area (Å²) in [6, 6.07) is 3.49. The van der Waals surface area contributed by atoms with Crippen molar-refractivity contribution in [2.45, 2.75) is 26.2 Å². The molecule has 1 heterocycles. The molecule has 0 saturated heterocycles. The molecule has 0 N–H and O–H groups in total. The first-order valence-corrected chi connectivity index (χ1v) is 5.64. The highest BCUT2D eigenvalue weighted by Gasteiger charge is 2.27. The fourth-order valence-corrected chi connectivity index (χ4v) is 1.71. The molecule has 0 unspecified atom stereocenters. The highest BCUT2D eigenvalue weighted by atomic mass is 16.3. The van der Waals surface area contributed by atoms with Crippen LogP contribution in [0, 0.1) is 5.92 Å². The van der Waals surface area contributed by atoms with Gasteiger partial charge in [-0.2, -0.15) is 0 Å². The summed E-state index contributed by atoms with van der Waals surface area (Å²) in [5, 5.41) is 0. The van der Waals surface area contributed by atoms with E-state index in [1.165, 1.54) is 12.8 Å². The first kappa shape index (κ1) is 10.3. The normalized spacial score (nSPS) is 15.3. The molecule has 1 aromatic rings. The molecule has 0 radical (unpaired) electrons. The molecule has 0 aromatic carbocycles. The molecule has 2 rings (SSSR count). The fourth-order valence-electron chi connectivity index (χ4n) is 1.71. The van der Waals surface area contributed by atoms with Crippen molar-refractivity contribution in [2.75, 3.05) is 13.1 Å². The van der Waals surface area contributed by atoms with Gasteiger partial charge in [-0.25, -0.2) is 0 Å². The van der Waals surface area contributed by atoms with E-state index >= 15 is 0 Å². The smallest absolute Gasteiger partial charge is 0.289 e. The Hall–Kier alpha value is -1.25. The van der Waals surface area contributed by atoms with Gasteiger partial charge in [0, 0.05) is 13.1 Å². The summed E-state index contributed by atoms with van der Waals surface area (Å²) in [7, 11) is 0. The Labute approximate surface area is 90.1 Å². The van der Waals surface area contributed by atoms with E-state index in [-0.39, 0.29) is 5.91 Å². The van der Waals surface area contributed by atoms with Gasteiger partial charge < -0.3 is 9.32 Å². The molecule has 1 aliphatic rings. The molecule has 3 heteroatoms. The van der Waals surface area contributed by atoms with Gasteiger partial charge in [-0.3, -0.25) is 4.79 Å². The largest absolute Gasteiger partial charge is 0.459 e. The van der Waals surface area contributed by atoms with Crippen molar-refractivity contribution in [2.24, 2.45) is 5.92 Å². The van der Waals surface area contributed by atoms with Crippen LogP contribution < -0.4 is 0 Å². The zero-order valence-corrected chi connectivity index (χ0v) is 9.11. The van der Waals surface area contributed by atoms with E-state index in [1.54, 1.807) is 18.4 Å². The van der Waals surface area contributed by atoms with E-state index < -0.39 is 0 Å². The van der Waals surface area contributed by atoms with Crippen LogP contribution >= 0.6 is 0 Å². The van der Waals surface area contributed by atoms with Gasteiger partial charge in [0.2, 0.25) is 0 Å². The first-order chi connectivity index (χ1) is 7.31. The molecule has 15 heavy (non-hydrogen) atoms. The highest BCUT2D eigenvalue weighted by Crippen LogP contribution is 2.30. The zero-order chi connectivity index (χ0) is 10.7. The van der Waals surface area contributed by atoms with E-state index in [0.717, 1.165) is 25.4 Å². The molecule has 0 atom stereocenters. The third-order valence-corrected chi connectivity index (χ3v) is 2.69. The Morgan fingerprint density at radius 3 is 2.93 bits per heavy atom. The van der Waals surface area contributed by atoms with Gasteiger partial charge in [0.1, 0.15) is 0 Å². The molecule has 1 aromatic heterocycles. The second-order valence-corrected chi connectivity index (χ2v) is 4.17. The first-order valence-electron chi connectivity index (χ1n) is 5.64. The molecular weight excluding hydrogens is 190 g/mol. The van der Waals surface area contributed by atoms with E-state index in [2.05, 4.69) is 6.92 Å². The predicted octanol–water partition coefficient (Wildman–Crippen LogP) is 2.54. The van der Waals surface area contributed by atoms with Crippen molar-refractivity contribution in [1.82, 2.24) is 4.90 Å². The number of hydrogen-bond donors (Lipinski definition) is 0. The lowest BCUT2D eigenvalue weighted by atomic mass is 10.3. The van der Waals surface area contributed by atoms with Gasteiger partial charge >= 0.3 is 0 Å². The fraction of sp³-hybridized carbons (Fsp3) is 0.583. The number of rotatable bonds is 5. The zero-order valence-electron chi connectivity index (χ0n) is 9.11. The van der Waals surface area contributed by atoms with Crippen LogP contribution in [0.2, 0.25) is 0 Å². The molecule has 82 valence electrons. The molecule has 0 spiro atoms. The van der Waals surface area contributed by atoms with E-state index in [9.17, 15) is 4.79 Å². The minimum absolute atomic E-state index is 0.0359. The highest BCUT2D eigenvalue weighted by molar-refractivity contribution is 5.91. The third-order valence-electron chi connectivity index (χ3n) is 2.69. The summed E-state index contributed by atoms with van der Waals surface area (Å²) >= 11 is 0. The average Bonchev–Trinajstić information content (AvgIpc) is 2.88. The van der Waals surface area contributed by atoms with Gasteiger partial charge in [0.25, 0.3) is 5.91 Å². The summed E-state index contributed by atoms with van der Waals surface area (Å²) < 4.78 is 5.13. The molecular formula is C12H17NO2. The van der Waals surface area contributed by atoms with Crippen molar-refractivity contribution in [3.8, 4) is 0 Å². The lowest BCUT2D eigenvalue weighted by molar-refractivity contribution is 0.0715. The summed E-state index contributed by atoms with van der Waals surface area (Å²) in [4.78, 5) is 13.9. The Kier molecular flexibility index (Phi) is 3.09. The second-order valence-electron chi connectivity index (χ2n) is 4.17. The minimum atomic E-state index is 0.0359. The van der Waals surface area contributed by atoms with Crippen LogP contribution in [0.3, 0.4) is 0 Å². The van der Waals surface area contributed by atoms with Gasteiger partial charge in [-0.1, -0.05) is 6.92 Å². The maximum Gasteiger partial charge on any atom is 0.289 e. The quantitative estimate of drug-likeness (QED) is 0.743. The summed E-state index contributed by atoms with van der Waals surface area (Å²) in [5.41, 5.74) is 0. The number of amides is 1. The van der Waals surface area contributed by atoms with E-state index in [4.69, 9.17) is 4.42 Å². The Morgan fingerprint density at radius 2 is 2.40 bits per heavy atom. The van der Waals surface area contributed by atoms with E-state index in [0.29, 0.717) is 5.76 Å². The Bertz CT molecular complexity index is 314. The Morgan fingerprint density at radius 1 is 1.60 bits per heavy atom. The lowest BCUT2D eigenvalue weighted by Crippen LogP contribution is -2.33. The number of furan rings is 1. The Balaban J connectivity index is 1.99. The molecule has 3 nitrogen and oxygen atoms in total. The SMILES string of the molecule is CCCN(CC1CC1)C(=O)c1ccco1.